The van der Waals surface area contributed by atoms with E-state index in [-0.39, 0.29) is 47.4 Å². The fourth-order valence-electron chi connectivity index (χ4n) is 8.52. The summed E-state index contributed by atoms with van der Waals surface area (Å²) in [5, 5.41) is 11.9. The van der Waals surface area contributed by atoms with E-state index in [0.717, 1.165) is 18.4 Å². The number of aliphatic hydroxyl groups excluding tert-OH is 1. The number of Topliss-reactive ketones (excluding diaryl/α,β-unsaturated/α-hetero) is 1. The molecular formula is C28H33ClO6. The number of ether oxygens (including phenoxy) is 1. The van der Waals surface area contributed by atoms with Gasteiger partial charge in [-0.25, -0.2) is 4.79 Å². The third-order valence-corrected chi connectivity index (χ3v) is 10.7. The number of hydrogen-bond donors (Lipinski definition) is 1. The molecule has 0 amide bonds. The van der Waals surface area contributed by atoms with Crippen molar-refractivity contribution in [3.63, 3.8) is 0 Å². The second-order valence-corrected chi connectivity index (χ2v) is 11.8. The normalized spacial score (nSPS) is 44.2. The van der Waals surface area contributed by atoms with Crippen molar-refractivity contribution in [1.29, 1.82) is 0 Å². The molecule has 3 saturated carbocycles. The Labute approximate surface area is 210 Å². The topological polar surface area (TPSA) is 93.8 Å². The number of furan rings is 1. The third-order valence-electron chi connectivity index (χ3n) is 10.5. The van der Waals surface area contributed by atoms with E-state index in [1.54, 1.807) is 18.2 Å². The number of esters is 1. The summed E-state index contributed by atoms with van der Waals surface area (Å²) in [6.07, 6.45) is 8.42. The Kier molecular flexibility index (Phi) is 5.54. The minimum Gasteiger partial charge on any atom is -0.457 e. The van der Waals surface area contributed by atoms with Crippen LogP contribution in [0.1, 0.15) is 63.9 Å². The molecule has 8 unspecified atom stereocenters. The number of allylic oxidation sites excluding steroid dienone is 4. The number of alkyl halides is 1. The molecule has 1 aromatic rings. The van der Waals surface area contributed by atoms with Gasteiger partial charge in [-0.3, -0.25) is 9.59 Å². The van der Waals surface area contributed by atoms with Crippen LogP contribution >= 0.6 is 11.6 Å². The van der Waals surface area contributed by atoms with E-state index < -0.39 is 33.9 Å². The molecule has 1 N–H and O–H groups in total. The molecule has 8 atom stereocenters. The van der Waals surface area contributed by atoms with Gasteiger partial charge in [-0.2, -0.15) is 0 Å². The fraction of sp³-hybridized carbons (Fsp3) is 0.607. The summed E-state index contributed by atoms with van der Waals surface area (Å²) in [4.78, 5) is 38.9. The standard InChI is InChI=1S/C28H33ClO6/c1-16-12-20-19-8-7-17-13-18(30)9-10-25(17,2)27(19,4)22(31)14-26(20,3)28(16,23(32)15-29)35-24(33)21-6-5-11-34-21/h5-6,9-11,13,16,19-20,22,31H,7-8,12,14-15H2,1-4H3. The van der Waals surface area contributed by atoms with Gasteiger partial charge in [0.05, 0.1) is 18.2 Å². The molecule has 0 bridgehead atoms. The quantitative estimate of drug-likeness (QED) is 0.467. The molecule has 4 aliphatic carbocycles. The maximum absolute atomic E-state index is 13.6. The number of aliphatic hydroxyl groups is 1. The molecule has 3 fully saturated rings. The highest BCUT2D eigenvalue weighted by atomic mass is 35.5. The lowest BCUT2D eigenvalue weighted by molar-refractivity contribution is -0.207. The third kappa shape index (κ3) is 2.96. The molecule has 6 nitrogen and oxygen atoms in total. The van der Waals surface area contributed by atoms with Crippen molar-refractivity contribution < 1.29 is 28.6 Å². The van der Waals surface area contributed by atoms with E-state index in [1.165, 1.54) is 12.3 Å². The summed E-state index contributed by atoms with van der Waals surface area (Å²) in [5.74, 6) is -1.50. The number of carbonyl (C=O) groups excluding carboxylic acids is 3. The second-order valence-electron chi connectivity index (χ2n) is 11.6. The van der Waals surface area contributed by atoms with Crippen LogP contribution in [0.2, 0.25) is 0 Å². The molecule has 0 radical (unpaired) electrons. The Bertz CT molecular complexity index is 1140. The van der Waals surface area contributed by atoms with Gasteiger partial charge in [0.2, 0.25) is 5.76 Å². The number of fused-ring (bicyclic) bond motifs is 5. The predicted molar refractivity (Wildman–Crippen MR) is 130 cm³/mol. The van der Waals surface area contributed by atoms with Crippen LogP contribution in [-0.2, 0) is 14.3 Å². The molecule has 0 saturated heterocycles. The monoisotopic (exact) mass is 500 g/mol. The molecule has 0 spiro atoms. The summed E-state index contributed by atoms with van der Waals surface area (Å²) in [6.45, 7) is 8.17. The smallest absolute Gasteiger partial charge is 0.375 e. The van der Waals surface area contributed by atoms with Crippen molar-refractivity contribution in [3.8, 4) is 0 Å². The SMILES string of the molecule is CC1CC2C3CCC4=CC(=O)C=CC4(C)C3(C)C(O)CC2(C)C1(OC(=O)c1ccco1)C(=O)CCl. The summed E-state index contributed by atoms with van der Waals surface area (Å²) < 4.78 is 11.4. The van der Waals surface area contributed by atoms with Crippen LogP contribution in [0.15, 0.2) is 46.6 Å². The number of carbonyl (C=O) groups is 3. The molecule has 0 aromatic carbocycles. The highest BCUT2D eigenvalue weighted by molar-refractivity contribution is 6.29. The van der Waals surface area contributed by atoms with Gasteiger partial charge < -0.3 is 14.3 Å². The van der Waals surface area contributed by atoms with E-state index >= 15 is 0 Å². The minimum atomic E-state index is -1.47. The highest BCUT2D eigenvalue weighted by Gasteiger charge is 2.75. The minimum absolute atomic E-state index is 0.0132. The van der Waals surface area contributed by atoms with E-state index in [0.29, 0.717) is 6.42 Å². The summed E-state index contributed by atoms with van der Waals surface area (Å²) in [5.41, 5.74) is -2.23. The van der Waals surface area contributed by atoms with Crippen molar-refractivity contribution in [2.24, 2.45) is 34.0 Å². The highest BCUT2D eigenvalue weighted by Crippen LogP contribution is 2.73. The van der Waals surface area contributed by atoms with Crippen molar-refractivity contribution >= 4 is 29.1 Å². The van der Waals surface area contributed by atoms with Crippen molar-refractivity contribution in [1.82, 2.24) is 0 Å². The van der Waals surface area contributed by atoms with Crippen LogP contribution < -0.4 is 0 Å². The van der Waals surface area contributed by atoms with Crippen LogP contribution in [0.5, 0.6) is 0 Å². The molecule has 1 aromatic heterocycles. The molecule has 1 heterocycles. The van der Waals surface area contributed by atoms with Gasteiger partial charge in [0.25, 0.3) is 0 Å². The molecule has 5 rings (SSSR count). The maximum atomic E-state index is 13.6. The summed E-state index contributed by atoms with van der Waals surface area (Å²) in [7, 11) is 0. The van der Waals surface area contributed by atoms with Crippen LogP contribution in [0.25, 0.3) is 0 Å². The van der Waals surface area contributed by atoms with Gasteiger partial charge in [0.15, 0.2) is 17.2 Å². The Hall–Kier alpha value is -2.18. The molecule has 7 heteroatoms. The first-order chi connectivity index (χ1) is 16.5. The Morgan fingerprint density at radius 3 is 2.66 bits per heavy atom. The van der Waals surface area contributed by atoms with Gasteiger partial charge in [0.1, 0.15) is 0 Å². The summed E-state index contributed by atoms with van der Waals surface area (Å²) >= 11 is 6.14. The van der Waals surface area contributed by atoms with Crippen LogP contribution in [0.3, 0.4) is 0 Å². The first-order valence-corrected chi connectivity index (χ1v) is 13.0. The van der Waals surface area contributed by atoms with Crippen molar-refractivity contribution in [2.45, 2.75) is 65.1 Å². The Balaban J connectivity index is 1.61. The second kappa shape index (κ2) is 7.91. The Morgan fingerprint density at radius 2 is 2.00 bits per heavy atom. The van der Waals surface area contributed by atoms with Crippen LogP contribution in [0, 0.1) is 34.0 Å². The Morgan fingerprint density at radius 1 is 1.26 bits per heavy atom. The average molecular weight is 501 g/mol. The maximum Gasteiger partial charge on any atom is 0.375 e. The number of halogens is 1. The first-order valence-electron chi connectivity index (χ1n) is 12.4. The molecule has 188 valence electrons. The first kappa shape index (κ1) is 24.5. The number of rotatable bonds is 4. The lowest BCUT2D eigenvalue weighted by Crippen LogP contribution is -2.67. The predicted octanol–water partition coefficient (Wildman–Crippen LogP) is 4.90. The summed E-state index contributed by atoms with van der Waals surface area (Å²) in [6, 6.07) is 3.11. The van der Waals surface area contributed by atoms with Crippen molar-refractivity contribution in [3.05, 3.63) is 48.0 Å². The van der Waals surface area contributed by atoms with Gasteiger partial charge in [-0.05, 0) is 61.8 Å². The van der Waals surface area contributed by atoms with Gasteiger partial charge in [-0.1, -0.05) is 39.3 Å². The lowest BCUT2D eigenvalue weighted by Gasteiger charge is -2.65. The number of hydrogen-bond acceptors (Lipinski definition) is 6. The van der Waals surface area contributed by atoms with E-state index in [2.05, 4.69) is 13.8 Å². The van der Waals surface area contributed by atoms with Gasteiger partial charge in [-0.15, -0.1) is 11.6 Å². The zero-order chi connectivity index (χ0) is 25.4. The van der Waals surface area contributed by atoms with Crippen LogP contribution in [0.4, 0.5) is 0 Å². The lowest BCUT2D eigenvalue weighted by atomic mass is 9.39. The van der Waals surface area contributed by atoms with E-state index in [9.17, 15) is 19.5 Å². The van der Waals surface area contributed by atoms with Crippen LogP contribution in [-0.4, -0.2) is 40.2 Å². The van der Waals surface area contributed by atoms with Crippen molar-refractivity contribution in [2.75, 3.05) is 5.88 Å². The molecule has 35 heavy (non-hydrogen) atoms. The largest absolute Gasteiger partial charge is 0.457 e. The zero-order valence-corrected chi connectivity index (χ0v) is 21.4. The van der Waals surface area contributed by atoms with E-state index in [4.69, 9.17) is 20.8 Å². The molecular weight excluding hydrogens is 468 g/mol. The van der Waals surface area contributed by atoms with Gasteiger partial charge >= 0.3 is 5.97 Å². The number of ketones is 2. The molecule has 0 aliphatic heterocycles. The van der Waals surface area contributed by atoms with Gasteiger partial charge in [0, 0.05) is 22.2 Å². The van der Waals surface area contributed by atoms with E-state index in [1.807, 2.05) is 19.9 Å². The fourth-order valence-corrected chi connectivity index (χ4v) is 8.72. The average Bonchev–Trinajstić information content (AvgIpc) is 3.42. The molecule has 4 aliphatic rings. The zero-order valence-electron chi connectivity index (χ0n) is 20.7.